The summed E-state index contributed by atoms with van der Waals surface area (Å²) in [4.78, 5) is 25.2. The molecule has 0 bridgehead atoms. The molecule has 3 aliphatic rings. The number of Topliss-reactive ketones (excluding diaryl/α,β-unsaturated/α-hetero) is 1. The topological polar surface area (TPSA) is 61.8 Å². The number of esters is 1. The molecule has 1 saturated heterocycles. The maximum atomic E-state index is 13.4. The van der Waals surface area contributed by atoms with E-state index in [-0.39, 0.29) is 29.1 Å². The van der Waals surface area contributed by atoms with E-state index in [0.717, 1.165) is 17.7 Å². The number of carbonyl (C=O) groups is 2. The van der Waals surface area contributed by atoms with E-state index in [2.05, 4.69) is 6.92 Å². The third-order valence-electron chi connectivity index (χ3n) is 6.76. The lowest BCUT2D eigenvalue weighted by atomic mass is 9.55. The fourth-order valence-electron chi connectivity index (χ4n) is 5.36. The third kappa shape index (κ3) is 3.99. The van der Waals surface area contributed by atoms with Crippen LogP contribution < -0.4 is 0 Å². The Kier molecular flexibility index (Phi) is 5.33. The van der Waals surface area contributed by atoms with Gasteiger partial charge in [-0.2, -0.15) is 0 Å². The predicted molar refractivity (Wildman–Crippen MR) is 110 cm³/mol. The highest BCUT2D eigenvalue weighted by molar-refractivity contribution is 8.01. The van der Waals surface area contributed by atoms with Crippen molar-refractivity contribution in [2.45, 2.75) is 75.1 Å². The predicted octanol–water partition coefficient (Wildman–Crippen LogP) is 4.59. The minimum absolute atomic E-state index is 0.0109. The summed E-state index contributed by atoms with van der Waals surface area (Å²) in [5.41, 5.74) is -0.118. The van der Waals surface area contributed by atoms with E-state index in [1.165, 1.54) is 18.7 Å². The van der Waals surface area contributed by atoms with Crippen LogP contribution in [0.2, 0.25) is 0 Å². The van der Waals surface area contributed by atoms with Gasteiger partial charge in [-0.25, -0.2) is 0 Å². The number of benzene rings is 1. The molecule has 0 spiro atoms. The number of carbonyl (C=O) groups excluding carboxylic acids is 2. The lowest BCUT2D eigenvalue weighted by Crippen LogP contribution is -2.60. The van der Waals surface area contributed by atoms with E-state index in [9.17, 15) is 9.59 Å². The van der Waals surface area contributed by atoms with Crippen LogP contribution in [0.15, 0.2) is 35.2 Å². The van der Waals surface area contributed by atoms with Crippen LogP contribution >= 0.6 is 11.8 Å². The molecule has 0 radical (unpaired) electrons. The fourth-order valence-corrected chi connectivity index (χ4v) is 6.65. The van der Waals surface area contributed by atoms with Gasteiger partial charge in [0.15, 0.2) is 11.6 Å². The molecule has 1 aliphatic heterocycles. The van der Waals surface area contributed by atoms with Gasteiger partial charge in [0, 0.05) is 30.6 Å². The smallest absolute Gasteiger partial charge is 0.304 e. The first-order chi connectivity index (χ1) is 13.6. The second kappa shape index (κ2) is 7.40. The Labute approximate surface area is 176 Å². The van der Waals surface area contributed by atoms with Crippen molar-refractivity contribution >= 4 is 23.5 Å². The van der Waals surface area contributed by atoms with Crippen LogP contribution in [0.4, 0.5) is 0 Å². The Balaban J connectivity index is 1.67. The summed E-state index contributed by atoms with van der Waals surface area (Å²) in [6.45, 7) is 8.10. The number of thioether (sulfide) groups is 1. The lowest BCUT2D eigenvalue weighted by molar-refractivity contribution is -0.315. The van der Waals surface area contributed by atoms with Crippen molar-refractivity contribution < 1.29 is 23.8 Å². The zero-order chi connectivity index (χ0) is 20.9. The van der Waals surface area contributed by atoms with Crippen LogP contribution in [0.5, 0.6) is 0 Å². The Morgan fingerprint density at radius 1 is 1.21 bits per heavy atom. The number of hydrogen-bond donors (Lipinski definition) is 0. The quantitative estimate of drug-likeness (QED) is 0.529. The molecule has 1 unspecified atom stereocenters. The van der Waals surface area contributed by atoms with E-state index >= 15 is 0 Å². The van der Waals surface area contributed by atoms with Gasteiger partial charge >= 0.3 is 5.97 Å². The Morgan fingerprint density at radius 3 is 2.62 bits per heavy atom. The molecule has 29 heavy (non-hydrogen) atoms. The monoisotopic (exact) mass is 418 g/mol. The van der Waals surface area contributed by atoms with Gasteiger partial charge in [0.25, 0.3) is 0 Å². The van der Waals surface area contributed by atoms with Gasteiger partial charge in [0.1, 0.15) is 0 Å². The molecule has 2 aliphatic carbocycles. The molecule has 6 heteroatoms. The number of ether oxygens (including phenoxy) is 3. The standard InChI is InChI=1S/C23H30O5S/c1-15(24)27-23(29-16-8-6-5-7-9-16)12-18-17-14-26-21(2,3)28-19(17)10-11-22(18,4)13-20(23)25/h5-9,17-19H,10-14H2,1-4H3/t17-,18-,19+,22+,23?/m1/s1. The molecule has 0 amide bonds. The maximum Gasteiger partial charge on any atom is 0.304 e. The summed E-state index contributed by atoms with van der Waals surface area (Å²) in [6.07, 6.45) is 2.89. The molecular formula is C23H30O5S. The van der Waals surface area contributed by atoms with Crippen molar-refractivity contribution in [1.82, 2.24) is 0 Å². The van der Waals surface area contributed by atoms with E-state index < -0.39 is 16.7 Å². The molecule has 0 N–H and O–H groups in total. The third-order valence-corrected chi connectivity index (χ3v) is 8.08. The molecule has 158 valence electrons. The van der Waals surface area contributed by atoms with Crippen molar-refractivity contribution in [1.29, 1.82) is 0 Å². The Bertz CT molecular complexity index is 794. The van der Waals surface area contributed by atoms with E-state index in [1.807, 2.05) is 44.2 Å². The molecular weight excluding hydrogens is 388 g/mol. The van der Waals surface area contributed by atoms with Crippen LogP contribution in [0.1, 0.15) is 53.4 Å². The second-order valence-corrected chi connectivity index (χ2v) is 10.7. The highest BCUT2D eigenvalue weighted by Gasteiger charge is 2.60. The molecule has 2 saturated carbocycles. The minimum atomic E-state index is -1.19. The SMILES string of the molecule is CC(=O)OC1(Sc2ccccc2)C[C@@H]2[C@H]3COC(C)(C)O[C@H]3CC[C@@]2(C)CC1=O. The van der Waals surface area contributed by atoms with Gasteiger partial charge < -0.3 is 14.2 Å². The van der Waals surface area contributed by atoms with Gasteiger partial charge in [-0.3, -0.25) is 9.59 Å². The summed E-state index contributed by atoms with van der Waals surface area (Å²) >= 11 is 1.37. The van der Waals surface area contributed by atoms with Gasteiger partial charge in [-0.1, -0.05) is 36.9 Å². The summed E-state index contributed by atoms with van der Waals surface area (Å²) in [6, 6.07) is 9.71. The molecule has 5 atom stereocenters. The van der Waals surface area contributed by atoms with Crippen LogP contribution in [-0.4, -0.2) is 35.2 Å². The van der Waals surface area contributed by atoms with Crippen LogP contribution in [0.3, 0.4) is 0 Å². The van der Waals surface area contributed by atoms with Crippen molar-refractivity contribution in [3.8, 4) is 0 Å². The van der Waals surface area contributed by atoms with E-state index in [1.54, 1.807) is 0 Å². The van der Waals surface area contributed by atoms with Gasteiger partial charge in [0.05, 0.1) is 12.7 Å². The summed E-state index contributed by atoms with van der Waals surface area (Å²) in [5.74, 6) is -0.607. The number of fused-ring (bicyclic) bond motifs is 3. The summed E-state index contributed by atoms with van der Waals surface area (Å²) < 4.78 is 18.0. The van der Waals surface area contributed by atoms with Crippen LogP contribution in [0, 0.1) is 17.3 Å². The molecule has 5 nitrogen and oxygen atoms in total. The van der Waals surface area contributed by atoms with E-state index in [0.29, 0.717) is 19.4 Å². The largest absolute Gasteiger partial charge is 0.440 e. The highest BCUT2D eigenvalue weighted by atomic mass is 32.2. The molecule has 1 aromatic rings. The normalized spacial score (nSPS) is 38.6. The minimum Gasteiger partial charge on any atom is -0.440 e. The lowest BCUT2D eigenvalue weighted by Gasteiger charge is -2.57. The van der Waals surface area contributed by atoms with Crippen LogP contribution in [0.25, 0.3) is 0 Å². The highest BCUT2D eigenvalue weighted by Crippen LogP contribution is 2.59. The Hall–Kier alpha value is -1.37. The second-order valence-electron chi connectivity index (χ2n) is 9.40. The zero-order valence-electron chi connectivity index (χ0n) is 17.6. The summed E-state index contributed by atoms with van der Waals surface area (Å²) in [7, 11) is 0. The first kappa shape index (κ1) is 20.9. The van der Waals surface area contributed by atoms with Gasteiger partial charge in [-0.05, 0) is 50.2 Å². The van der Waals surface area contributed by atoms with E-state index in [4.69, 9.17) is 14.2 Å². The average molecular weight is 419 g/mol. The van der Waals surface area contributed by atoms with Crippen molar-refractivity contribution in [2.24, 2.45) is 17.3 Å². The van der Waals surface area contributed by atoms with Gasteiger partial charge in [-0.15, -0.1) is 0 Å². The first-order valence-corrected chi connectivity index (χ1v) is 11.2. The fraction of sp³-hybridized carbons (Fsp3) is 0.652. The zero-order valence-corrected chi connectivity index (χ0v) is 18.4. The molecule has 4 rings (SSSR count). The average Bonchev–Trinajstić information content (AvgIpc) is 2.63. The number of rotatable bonds is 3. The van der Waals surface area contributed by atoms with Crippen molar-refractivity contribution in [3.63, 3.8) is 0 Å². The molecule has 3 fully saturated rings. The first-order valence-electron chi connectivity index (χ1n) is 10.4. The Morgan fingerprint density at radius 2 is 1.93 bits per heavy atom. The number of hydrogen-bond acceptors (Lipinski definition) is 6. The number of ketones is 1. The summed E-state index contributed by atoms with van der Waals surface area (Å²) in [5, 5.41) is 0. The maximum absolute atomic E-state index is 13.4. The molecule has 0 aromatic heterocycles. The van der Waals surface area contributed by atoms with Gasteiger partial charge in [0.2, 0.25) is 4.93 Å². The molecule has 1 heterocycles. The molecule has 1 aromatic carbocycles. The van der Waals surface area contributed by atoms with Crippen molar-refractivity contribution in [2.75, 3.05) is 6.61 Å². The van der Waals surface area contributed by atoms with Crippen molar-refractivity contribution in [3.05, 3.63) is 30.3 Å². The van der Waals surface area contributed by atoms with Crippen LogP contribution in [-0.2, 0) is 23.8 Å².